The Kier molecular flexibility index (Phi) is 7.40. The second-order valence-electron chi connectivity index (χ2n) is 5.88. The zero-order chi connectivity index (χ0) is 15.6. The highest BCUT2D eigenvalue weighted by Gasteiger charge is 2.24. The molecule has 1 aromatic carbocycles. The number of rotatable bonds is 8. The van der Waals surface area contributed by atoms with Crippen LogP contribution in [-0.4, -0.2) is 43.7 Å². The molecule has 1 fully saturated rings. The molecule has 0 aromatic heterocycles. The third-order valence-electron chi connectivity index (χ3n) is 4.18. The van der Waals surface area contributed by atoms with Gasteiger partial charge in [0, 0.05) is 32.2 Å². The maximum absolute atomic E-state index is 12.1. The van der Waals surface area contributed by atoms with E-state index in [1.165, 1.54) is 5.56 Å². The van der Waals surface area contributed by atoms with E-state index in [9.17, 15) is 4.79 Å². The molecule has 2 rings (SSSR count). The van der Waals surface area contributed by atoms with Crippen LogP contribution in [-0.2, 0) is 16.1 Å². The zero-order valence-electron chi connectivity index (χ0n) is 13.6. The number of piperidine rings is 1. The van der Waals surface area contributed by atoms with Crippen molar-refractivity contribution in [2.75, 3.05) is 32.8 Å². The molecular formula is C18H28N2O2. The maximum Gasteiger partial charge on any atom is 0.223 e. The molecule has 0 bridgehead atoms. The van der Waals surface area contributed by atoms with E-state index in [0.717, 1.165) is 58.7 Å². The predicted molar refractivity (Wildman–Crippen MR) is 88.6 cm³/mol. The topological polar surface area (TPSA) is 41.6 Å². The Morgan fingerprint density at radius 3 is 2.68 bits per heavy atom. The number of benzene rings is 1. The van der Waals surface area contributed by atoms with Gasteiger partial charge in [0.25, 0.3) is 0 Å². The van der Waals surface area contributed by atoms with Crippen LogP contribution in [0.1, 0.15) is 31.7 Å². The number of ether oxygens (including phenoxy) is 1. The summed E-state index contributed by atoms with van der Waals surface area (Å²) in [5, 5.41) is 3.04. The van der Waals surface area contributed by atoms with Crippen LogP contribution in [0, 0.1) is 5.92 Å². The molecule has 1 aliphatic heterocycles. The average Bonchev–Trinajstić information content (AvgIpc) is 2.56. The largest absolute Gasteiger partial charge is 0.382 e. The highest BCUT2D eigenvalue weighted by molar-refractivity contribution is 5.78. The first kappa shape index (κ1) is 17.0. The van der Waals surface area contributed by atoms with Crippen molar-refractivity contribution in [1.29, 1.82) is 0 Å². The Hall–Kier alpha value is -1.39. The van der Waals surface area contributed by atoms with Gasteiger partial charge in [0.05, 0.1) is 0 Å². The van der Waals surface area contributed by atoms with Gasteiger partial charge >= 0.3 is 0 Å². The molecule has 1 amide bonds. The van der Waals surface area contributed by atoms with Crippen LogP contribution < -0.4 is 5.32 Å². The van der Waals surface area contributed by atoms with E-state index in [-0.39, 0.29) is 11.8 Å². The summed E-state index contributed by atoms with van der Waals surface area (Å²) in [6.07, 6.45) is 2.82. The van der Waals surface area contributed by atoms with Crippen LogP contribution in [0.2, 0.25) is 0 Å². The summed E-state index contributed by atoms with van der Waals surface area (Å²) in [6.45, 7) is 7.19. The fourth-order valence-corrected chi connectivity index (χ4v) is 2.87. The molecule has 1 saturated heterocycles. The van der Waals surface area contributed by atoms with Crippen molar-refractivity contribution in [1.82, 2.24) is 10.2 Å². The summed E-state index contributed by atoms with van der Waals surface area (Å²) in [7, 11) is 0. The lowest BCUT2D eigenvalue weighted by Crippen LogP contribution is -2.40. The Morgan fingerprint density at radius 1 is 1.27 bits per heavy atom. The van der Waals surface area contributed by atoms with Crippen LogP contribution in [0.3, 0.4) is 0 Å². The van der Waals surface area contributed by atoms with Gasteiger partial charge in [-0.05, 0) is 44.8 Å². The minimum atomic E-state index is 0.180. The minimum absolute atomic E-state index is 0.180. The summed E-state index contributed by atoms with van der Waals surface area (Å²) in [4.78, 5) is 14.6. The van der Waals surface area contributed by atoms with Gasteiger partial charge in [-0.3, -0.25) is 9.69 Å². The van der Waals surface area contributed by atoms with E-state index < -0.39 is 0 Å². The first-order valence-electron chi connectivity index (χ1n) is 8.41. The Labute approximate surface area is 133 Å². The van der Waals surface area contributed by atoms with Crippen molar-refractivity contribution < 1.29 is 9.53 Å². The second kappa shape index (κ2) is 9.59. The van der Waals surface area contributed by atoms with Crippen molar-refractivity contribution in [2.24, 2.45) is 5.92 Å². The van der Waals surface area contributed by atoms with Crippen molar-refractivity contribution in [3.63, 3.8) is 0 Å². The third kappa shape index (κ3) is 5.78. The predicted octanol–water partition coefficient (Wildman–Crippen LogP) is 2.44. The van der Waals surface area contributed by atoms with Crippen LogP contribution in [0.5, 0.6) is 0 Å². The van der Waals surface area contributed by atoms with Crippen molar-refractivity contribution in [2.45, 2.75) is 32.7 Å². The van der Waals surface area contributed by atoms with Gasteiger partial charge in [0.15, 0.2) is 0 Å². The molecule has 0 saturated carbocycles. The molecule has 122 valence electrons. The van der Waals surface area contributed by atoms with Crippen molar-refractivity contribution >= 4 is 5.91 Å². The van der Waals surface area contributed by atoms with E-state index in [1.54, 1.807) is 0 Å². The highest BCUT2D eigenvalue weighted by atomic mass is 16.5. The highest BCUT2D eigenvalue weighted by Crippen LogP contribution is 2.19. The quantitative estimate of drug-likeness (QED) is 0.750. The van der Waals surface area contributed by atoms with Crippen LogP contribution in [0.15, 0.2) is 30.3 Å². The number of hydrogen-bond acceptors (Lipinski definition) is 3. The first-order valence-corrected chi connectivity index (χ1v) is 8.41. The number of hydrogen-bond donors (Lipinski definition) is 1. The number of likely N-dealkylation sites (tertiary alicyclic amines) is 1. The molecule has 1 aromatic rings. The standard InChI is InChI=1S/C18H28N2O2/c1-2-22-14-6-11-19-18(21)17-9-12-20(13-10-17)15-16-7-4-3-5-8-16/h3-5,7-8,17H,2,6,9-15H2,1H3,(H,19,21). The SMILES string of the molecule is CCOCCCNC(=O)C1CCN(Cc2ccccc2)CC1. The van der Waals surface area contributed by atoms with Crippen LogP contribution in [0.4, 0.5) is 0 Å². The smallest absolute Gasteiger partial charge is 0.223 e. The number of carbonyl (C=O) groups excluding carboxylic acids is 1. The summed E-state index contributed by atoms with van der Waals surface area (Å²) >= 11 is 0. The Bertz CT molecular complexity index is 428. The lowest BCUT2D eigenvalue weighted by atomic mass is 9.95. The summed E-state index contributed by atoms with van der Waals surface area (Å²) in [5.74, 6) is 0.398. The van der Waals surface area contributed by atoms with Gasteiger partial charge in [0.2, 0.25) is 5.91 Å². The van der Waals surface area contributed by atoms with Gasteiger partial charge in [0.1, 0.15) is 0 Å². The minimum Gasteiger partial charge on any atom is -0.382 e. The Balaban J connectivity index is 1.63. The number of nitrogens with zero attached hydrogens (tertiary/aromatic N) is 1. The van der Waals surface area contributed by atoms with Gasteiger partial charge < -0.3 is 10.1 Å². The van der Waals surface area contributed by atoms with Gasteiger partial charge in [-0.1, -0.05) is 30.3 Å². The third-order valence-corrected chi connectivity index (χ3v) is 4.18. The fraction of sp³-hybridized carbons (Fsp3) is 0.611. The number of nitrogens with one attached hydrogen (secondary N) is 1. The second-order valence-corrected chi connectivity index (χ2v) is 5.88. The molecule has 0 radical (unpaired) electrons. The monoisotopic (exact) mass is 304 g/mol. The average molecular weight is 304 g/mol. The summed E-state index contributed by atoms with van der Waals surface area (Å²) < 4.78 is 5.27. The molecule has 0 atom stereocenters. The molecule has 1 heterocycles. The van der Waals surface area contributed by atoms with Gasteiger partial charge in [-0.2, -0.15) is 0 Å². The lowest BCUT2D eigenvalue weighted by Gasteiger charge is -2.31. The molecule has 22 heavy (non-hydrogen) atoms. The van der Waals surface area contributed by atoms with E-state index in [0.29, 0.717) is 0 Å². The first-order chi connectivity index (χ1) is 10.8. The van der Waals surface area contributed by atoms with E-state index in [1.807, 2.05) is 13.0 Å². The molecule has 0 aliphatic carbocycles. The number of carbonyl (C=O) groups is 1. The molecule has 4 heteroatoms. The fourth-order valence-electron chi connectivity index (χ4n) is 2.87. The van der Waals surface area contributed by atoms with Crippen LogP contribution >= 0.6 is 0 Å². The zero-order valence-corrected chi connectivity index (χ0v) is 13.6. The van der Waals surface area contributed by atoms with Crippen molar-refractivity contribution in [3.8, 4) is 0 Å². The summed E-state index contributed by atoms with van der Waals surface area (Å²) in [5.41, 5.74) is 1.35. The Morgan fingerprint density at radius 2 is 2.00 bits per heavy atom. The molecule has 0 unspecified atom stereocenters. The maximum atomic E-state index is 12.1. The normalized spacial score (nSPS) is 16.6. The molecule has 1 aliphatic rings. The van der Waals surface area contributed by atoms with Crippen LogP contribution in [0.25, 0.3) is 0 Å². The molecule has 4 nitrogen and oxygen atoms in total. The molecule has 1 N–H and O–H groups in total. The molecular weight excluding hydrogens is 276 g/mol. The van der Waals surface area contributed by atoms with Gasteiger partial charge in [-0.25, -0.2) is 0 Å². The number of amides is 1. The molecule has 0 spiro atoms. The van der Waals surface area contributed by atoms with E-state index in [2.05, 4.69) is 34.5 Å². The summed E-state index contributed by atoms with van der Waals surface area (Å²) in [6, 6.07) is 10.5. The van der Waals surface area contributed by atoms with E-state index in [4.69, 9.17) is 4.74 Å². The van der Waals surface area contributed by atoms with Crippen molar-refractivity contribution in [3.05, 3.63) is 35.9 Å². The van der Waals surface area contributed by atoms with Gasteiger partial charge in [-0.15, -0.1) is 0 Å². The van der Waals surface area contributed by atoms with E-state index >= 15 is 0 Å². The lowest BCUT2D eigenvalue weighted by molar-refractivity contribution is -0.126.